The lowest BCUT2D eigenvalue weighted by molar-refractivity contribution is -0.117. The highest BCUT2D eigenvalue weighted by molar-refractivity contribution is 5.95. The van der Waals surface area contributed by atoms with Crippen molar-refractivity contribution in [2.24, 2.45) is 5.73 Å². The first-order valence-electron chi connectivity index (χ1n) is 5.07. The average molecular weight is 237 g/mol. The van der Waals surface area contributed by atoms with Crippen molar-refractivity contribution in [2.45, 2.75) is 13.3 Å². The van der Waals surface area contributed by atoms with Crippen molar-refractivity contribution in [2.75, 3.05) is 17.6 Å². The van der Waals surface area contributed by atoms with E-state index in [4.69, 9.17) is 16.6 Å². The predicted octanol–water partition coefficient (Wildman–Crippen LogP) is 0.563. The molecule has 1 aromatic rings. The van der Waals surface area contributed by atoms with Crippen molar-refractivity contribution in [1.82, 2.24) is 0 Å². The van der Waals surface area contributed by atoms with Gasteiger partial charge in [-0.1, -0.05) is 0 Å². The second kappa shape index (κ2) is 5.20. The molecule has 0 saturated heterocycles. The first-order chi connectivity index (χ1) is 7.91. The van der Waals surface area contributed by atoms with Crippen molar-refractivity contribution in [1.29, 1.82) is 0 Å². The minimum atomic E-state index is -1.08. The van der Waals surface area contributed by atoms with E-state index >= 15 is 0 Å². The highest BCUT2D eigenvalue weighted by Gasteiger charge is 2.11. The summed E-state index contributed by atoms with van der Waals surface area (Å²) in [4.78, 5) is 21.5. The molecule has 0 heterocycles. The molecule has 0 unspecified atom stereocenters. The Balaban J connectivity index is 2.87. The summed E-state index contributed by atoms with van der Waals surface area (Å²) in [5, 5.41) is 11.9. The molecule has 6 nitrogen and oxygen atoms in total. The summed E-state index contributed by atoms with van der Waals surface area (Å²) in [6, 6.07) is 3.16. The standard InChI is InChI=1S/C11H15N3O3/c1-6-4-7(14-3-2-9(12)15)5-8(10(6)13)11(16)17/h4-5,14H,2-3,13H2,1H3,(H2,12,15)(H,16,17). The number of aromatic carboxylic acids is 1. The number of anilines is 2. The van der Waals surface area contributed by atoms with Crippen LogP contribution in [0.2, 0.25) is 0 Å². The van der Waals surface area contributed by atoms with Crippen LogP contribution in [-0.4, -0.2) is 23.5 Å². The molecular formula is C11H15N3O3. The van der Waals surface area contributed by atoms with E-state index in [1.54, 1.807) is 13.0 Å². The van der Waals surface area contributed by atoms with Gasteiger partial charge in [-0.3, -0.25) is 4.79 Å². The Bertz CT molecular complexity index is 458. The number of benzene rings is 1. The van der Waals surface area contributed by atoms with Gasteiger partial charge in [0.25, 0.3) is 0 Å². The lowest BCUT2D eigenvalue weighted by Crippen LogP contribution is -2.16. The number of primary amides is 1. The summed E-state index contributed by atoms with van der Waals surface area (Å²) in [5.41, 5.74) is 12.2. The molecule has 1 amide bonds. The molecule has 0 aromatic heterocycles. The summed E-state index contributed by atoms with van der Waals surface area (Å²) >= 11 is 0. The van der Waals surface area contributed by atoms with Gasteiger partial charge in [0.2, 0.25) is 5.91 Å². The summed E-state index contributed by atoms with van der Waals surface area (Å²) in [6.07, 6.45) is 0.186. The smallest absolute Gasteiger partial charge is 0.337 e. The Morgan fingerprint density at radius 1 is 1.41 bits per heavy atom. The van der Waals surface area contributed by atoms with Gasteiger partial charge < -0.3 is 21.9 Å². The van der Waals surface area contributed by atoms with Gasteiger partial charge in [0.05, 0.1) is 5.56 Å². The van der Waals surface area contributed by atoms with Crippen molar-refractivity contribution in [3.8, 4) is 0 Å². The number of nitrogens with two attached hydrogens (primary N) is 2. The van der Waals surface area contributed by atoms with Gasteiger partial charge in [-0.15, -0.1) is 0 Å². The SMILES string of the molecule is Cc1cc(NCCC(N)=O)cc(C(=O)O)c1N. The summed E-state index contributed by atoms with van der Waals surface area (Å²) in [7, 11) is 0. The van der Waals surface area contributed by atoms with Gasteiger partial charge in [-0.05, 0) is 24.6 Å². The fourth-order valence-corrected chi connectivity index (χ4v) is 1.41. The van der Waals surface area contributed by atoms with Crippen LogP contribution in [0.3, 0.4) is 0 Å². The topological polar surface area (TPSA) is 118 Å². The van der Waals surface area contributed by atoms with E-state index in [2.05, 4.69) is 5.32 Å². The van der Waals surface area contributed by atoms with E-state index in [-0.39, 0.29) is 17.7 Å². The lowest BCUT2D eigenvalue weighted by Gasteiger charge is -2.10. The van der Waals surface area contributed by atoms with E-state index in [0.717, 1.165) is 0 Å². The summed E-state index contributed by atoms with van der Waals surface area (Å²) < 4.78 is 0. The molecule has 6 heteroatoms. The van der Waals surface area contributed by atoms with Crippen molar-refractivity contribution >= 4 is 23.3 Å². The van der Waals surface area contributed by atoms with Crippen LogP contribution in [0.5, 0.6) is 0 Å². The van der Waals surface area contributed by atoms with Gasteiger partial charge in [-0.2, -0.15) is 0 Å². The van der Waals surface area contributed by atoms with Crippen LogP contribution in [-0.2, 0) is 4.79 Å². The molecule has 6 N–H and O–H groups in total. The number of rotatable bonds is 5. The third-order valence-electron chi connectivity index (χ3n) is 2.32. The summed E-state index contributed by atoms with van der Waals surface area (Å²) in [5.74, 6) is -1.49. The maximum absolute atomic E-state index is 10.9. The Morgan fingerprint density at radius 3 is 2.59 bits per heavy atom. The zero-order chi connectivity index (χ0) is 13.0. The minimum absolute atomic E-state index is 0.0478. The third kappa shape index (κ3) is 3.37. The second-order valence-electron chi connectivity index (χ2n) is 3.70. The zero-order valence-corrected chi connectivity index (χ0v) is 9.49. The molecule has 0 fully saturated rings. The number of nitrogens with one attached hydrogen (secondary N) is 1. The Morgan fingerprint density at radius 2 is 2.06 bits per heavy atom. The monoisotopic (exact) mass is 237 g/mol. The van der Waals surface area contributed by atoms with Crippen LogP contribution in [0.4, 0.5) is 11.4 Å². The van der Waals surface area contributed by atoms with Crippen LogP contribution < -0.4 is 16.8 Å². The fourth-order valence-electron chi connectivity index (χ4n) is 1.41. The molecule has 92 valence electrons. The lowest BCUT2D eigenvalue weighted by atomic mass is 10.1. The molecule has 1 aromatic carbocycles. The normalized spacial score (nSPS) is 9.94. The quantitative estimate of drug-likeness (QED) is 0.558. The largest absolute Gasteiger partial charge is 0.478 e. The molecule has 0 atom stereocenters. The predicted molar refractivity (Wildman–Crippen MR) is 64.9 cm³/mol. The number of aryl methyl sites for hydroxylation is 1. The number of hydrogen-bond acceptors (Lipinski definition) is 4. The number of carboxylic acid groups (broad SMARTS) is 1. The number of carbonyl (C=O) groups excluding carboxylic acids is 1. The number of amides is 1. The number of nitrogen functional groups attached to an aromatic ring is 1. The Hall–Kier alpha value is -2.24. The van der Waals surface area contributed by atoms with Crippen molar-refractivity contribution < 1.29 is 14.7 Å². The van der Waals surface area contributed by atoms with Crippen LogP contribution in [0.1, 0.15) is 22.3 Å². The van der Waals surface area contributed by atoms with Gasteiger partial charge in [-0.25, -0.2) is 4.79 Å². The highest BCUT2D eigenvalue weighted by Crippen LogP contribution is 2.22. The highest BCUT2D eigenvalue weighted by atomic mass is 16.4. The molecule has 0 aliphatic heterocycles. The van der Waals surface area contributed by atoms with Crippen LogP contribution >= 0.6 is 0 Å². The fraction of sp³-hybridized carbons (Fsp3) is 0.273. The van der Waals surface area contributed by atoms with Gasteiger partial charge in [0.1, 0.15) is 0 Å². The zero-order valence-electron chi connectivity index (χ0n) is 9.49. The van der Waals surface area contributed by atoms with Crippen LogP contribution in [0.25, 0.3) is 0 Å². The molecule has 0 spiro atoms. The first-order valence-corrected chi connectivity index (χ1v) is 5.07. The van der Waals surface area contributed by atoms with E-state index < -0.39 is 11.9 Å². The third-order valence-corrected chi connectivity index (χ3v) is 2.32. The number of carbonyl (C=O) groups is 2. The average Bonchev–Trinajstić information content (AvgIpc) is 2.22. The van der Waals surface area contributed by atoms with Gasteiger partial charge in [0, 0.05) is 24.3 Å². The van der Waals surface area contributed by atoms with Crippen LogP contribution in [0.15, 0.2) is 12.1 Å². The second-order valence-corrected chi connectivity index (χ2v) is 3.70. The number of carboxylic acids is 1. The molecule has 0 saturated carbocycles. The molecule has 17 heavy (non-hydrogen) atoms. The maximum Gasteiger partial charge on any atom is 0.337 e. The van der Waals surface area contributed by atoms with Crippen molar-refractivity contribution in [3.63, 3.8) is 0 Å². The van der Waals surface area contributed by atoms with E-state index in [9.17, 15) is 9.59 Å². The Kier molecular flexibility index (Phi) is 3.92. The van der Waals surface area contributed by atoms with Gasteiger partial charge in [0.15, 0.2) is 0 Å². The molecule has 0 radical (unpaired) electrons. The molecule has 0 aliphatic carbocycles. The van der Waals surface area contributed by atoms with E-state index in [1.165, 1.54) is 6.07 Å². The minimum Gasteiger partial charge on any atom is -0.478 e. The molecule has 0 aliphatic rings. The van der Waals surface area contributed by atoms with Gasteiger partial charge >= 0.3 is 5.97 Å². The molecule has 1 rings (SSSR count). The maximum atomic E-state index is 10.9. The Labute approximate surface area is 98.6 Å². The van der Waals surface area contributed by atoms with Crippen LogP contribution in [0, 0.1) is 6.92 Å². The van der Waals surface area contributed by atoms with E-state index in [0.29, 0.717) is 17.8 Å². The van der Waals surface area contributed by atoms with Crippen molar-refractivity contribution in [3.05, 3.63) is 23.3 Å². The molecule has 0 bridgehead atoms. The molecular weight excluding hydrogens is 222 g/mol. The summed E-state index contributed by atoms with van der Waals surface area (Å²) in [6.45, 7) is 2.08. The van der Waals surface area contributed by atoms with E-state index in [1.807, 2.05) is 0 Å². The first kappa shape index (κ1) is 12.8. The number of hydrogen-bond donors (Lipinski definition) is 4.